The first-order valence-corrected chi connectivity index (χ1v) is 7.40. The van der Waals surface area contributed by atoms with Gasteiger partial charge in [0.1, 0.15) is 18.1 Å². The van der Waals surface area contributed by atoms with Crippen molar-refractivity contribution in [2.45, 2.75) is 6.61 Å². The van der Waals surface area contributed by atoms with E-state index in [9.17, 15) is 4.79 Å². The molecule has 0 bridgehead atoms. The summed E-state index contributed by atoms with van der Waals surface area (Å²) in [5.41, 5.74) is 6.84. The Labute approximate surface area is 137 Å². The Bertz CT molecular complexity index is 698. The van der Waals surface area contributed by atoms with Crippen molar-refractivity contribution in [2.75, 3.05) is 7.11 Å². The average Bonchev–Trinajstić information content (AvgIpc) is 2.51. The Morgan fingerprint density at radius 1 is 1.27 bits per heavy atom. The highest BCUT2D eigenvalue weighted by Crippen LogP contribution is 2.24. The molecule has 0 spiro atoms. The first-order chi connectivity index (χ1) is 10.6. The van der Waals surface area contributed by atoms with E-state index in [0.717, 1.165) is 27.1 Å². The number of nitrogens with two attached hydrogens (primary N) is 1. The number of primary amides is 1. The molecule has 0 saturated heterocycles. The molecule has 0 aromatic heterocycles. The Morgan fingerprint density at radius 2 is 2.09 bits per heavy atom. The maximum Gasteiger partial charge on any atom is 0.241 e. The van der Waals surface area contributed by atoms with Crippen molar-refractivity contribution < 1.29 is 14.3 Å². The molecule has 22 heavy (non-hydrogen) atoms. The van der Waals surface area contributed by atoms with Crippen molar-refractivity contribution >= 4 is 27.9 Å². The van der Waals surface area contributed by atoms with Crippen molar-refractivity contribution in [3.63, 3.8) is 0 Å². The minimum absolute atomic E-state index is 0.359. The van der Waals surface area contributed by atoms with Gasteiger partial charge in [-0.3, -0.25) is 4.79 Å². The first-order valence-electron chi connectivity index (χ1n) is 6.61. The molecule has 4 nitrogen and oxygen atoms in total. The summed E-state index contributed by atoms with van der Waals surface area (Å²) in [6.07, 6.45) is 2.98. The Hall–Kier alpha value is -2.27. The maximum absolute atomic E-state index is 10.8. The molecule has 5 heteroatoms. The highest BCUT2D eigenvalue weighted by Gasteiger charge is 2.05. The zero-order chi connectivity index (χ0) is 15.9. The standard InChI is InChI=1S/C17H16BrNO3/c1-21-16-7-5-12(6-8-17(19)20)9-13(16)11-22-15-4-2-3-14(18)10-15/h2-10H,11H2,1H3,(H2,19,20)/b8-6-. The van der Waals surface area contributed by atoms with E-state index in [1.165, 1.54) is 6.08 Å². The van der Waals surface area contributed by atoms with Gasteiger partial charge in [-0.1, -0.05) is 28.1 Å². The Balaban J connectivity index is 2.17. The fraction of sp³-hybridized carbons (Fsp3) is 0.118. The third kappa shape index (κ3) is 4.63. The molecule has 2 N–H and O–H groups in total. The molecule has 2 aromatic carbocycles. The lowest BCUT2D eigenvalue weighted by molar-refractivity contribution is -0.113. The largest absolute Gasteiger partial charge is 0.496 e. The van der Waals surface area contributed by atoms with Crippen LogP contribution in [0.15, 0.2) is 53.0 Å². The van der Waals surface area contributed by atoms with Crippen molar-refractivity contribution in [1.82, 2.24) is 0 Å². The number of hydrogen-bond donors (Lipinski definition) is 1. The number of amides is 1. The van der Waals surface area contributed by atoms with Crippen LogP contribution in [0.4, 0.5) is 0 Å². The zero-order valence-corrected chi connectivity index (χ0v) is 13.7. The number of carbonyl (C=O) groups is 1. The minimum atomic E-state index is -0.484. The van der Waals surface area contributed by atoms with E-state index in [0.29, 0.717) is 6.61 Å². The van der Waals surface area contributed by atoms with E-state index in [4.69, 9.17) is 15.2 Å². The molecule has 2 rings (SSSR count). The van der Waals surface area contributed by atoms with Crippen molar-refractivity contribution in [2.24, 2.45) is 5.73 Å². The topological polar surface area (TPSA) is 61.5 Å². The van der Waals surface area contributed by atoms with Crippen LogP contribution < -0.4 is 15.2 Å². The van der Waals surface area contributed by atoms with Gasteiger partial charge >= 0.3 is 0 Å². The molecule has 1 amide bonds. The quantitative estimate of drug-likeness (QED) is 0.800. The molecular formula is C17H16BrNO3. The summed E-state index contributed by atoms with van der Waals surface area (Å²) in [5.74, 6) is 1.00. The molecule has 0 aliphatic carbocycles. The van der Waals surface area contributed by atoms with Crippen LogP contribution in [0.3, 0.4) is 0 Å². The van der Waals surface area contributed by atoms with E-state index in [1.807, 2.05) is 42.5 Å². The Morgan fingerprint density at radius 3 is 2.77 bits per heavy atom. The van der Waals surface area contributed by atoms with Gasteiger partial charge in [0.05, 0.1) is 7.11 Å². The summed E-state index contributed by atoms with van der Waals surface area (Å²) >= 11 is 3.40. The molecule has 0 heterocycles. The normalized spacial score (nSPS) is 10.6. The fourth-order valence-electron chi connectivity index (χ4n) is 1.91. The number of rotatable bonds is 6. The summed E-state index contributed by atoms with van der Waals surface area (Å²) in [7, 11) is 1.61. The third-order valence-electron chi connectivity index (χ3n) is 2.93. The Kier molecular flexibility index (Phi) is 5.61. The van der Waals surface area contributed by atoms with Crippen LogP contribution in [0.2, 0.25) is 0 Å². The van der Waals surface area contributed by atoms with Gasteiger partial charge in [-0.15, -0.1) is 0 Å². The zero-order valence-electron chi connectivity index (χ0n) is 12.1. The van der Waals surface area contributed by atoms with Crippen LogP contribution in [0.5, 0.6) is 11.5 Å². The fourth-order valence-corrected chi connectivity index (χ4v) is 2.29. The van der Waals surface area contributed by atoms with Gasteiger partial charge in [0.15, 0.2) is 0 Å². The second-order valence-corrected chi connectivity index (χ2v) is 5.47. The molecule has 0 atom stereocenters. The molecule has 114 valence electrons. The van der Waals surface area contributed by atoms with Crippen molar-refractivity contribution in [3.05, 3.63) is 64.1 Å². The minimum Gasteiger partial charge on any atom is -0.496 e. The second kappa shape index (κ2) is 7.66. The predicted molar refractivity (Wildman–Crippen MR) is 89.7 cm³/mol. The number of ether oxygens (including phenoxy) is 2. The lowest BCUT2D eigenvalue weighted by atomic mass is 10.1. The summed E-state index contributed by atoms with van der Waals surface area (Å²) in [6, 6.07) is 13.2. The number of methoxy groups -OCH3 is 1. The van der Waals surface area contributed by atoms with E-state index >= 15 is 0 Å². The lowest BCUT2D eigenvalue weighted by Crippen LogP contribution is -2.05. The molecular weight excluding hydrogens is 346 g/mol. The SMILES string of the molecule is COc1ccc(/C=C\C(N)=O)cc1COc1cccc(Br)c1. The van der Waals surface area contributed by atoms with Crippen LogP contribution in [0.1, 0.15) is 11.1 Å². The molecule has 0 radical (unpaired) electrons. The molecule has 2 aromatic rings. The van der Waals surface area contributed by atoms with Crippen molar-refractivity contribution in [1.29, 1.82) is 0 Å². The summed E-state index contributed by atoms with van der Waals surface area (Å²) in [5, 5.41) is 0. The van der Waals surface area contributed by atoms with E-state index in [-0.39, 0.29) is 0 Å². The van der Waals surface area contributed by atoms with E-state index in [1.54, 1.807) is 13.2 Å². The van der Waals surface area contributed by atoms with Crippen LogP contribution in [-0.2, 0) is 11.4 Å². The van der Waals surface area contributed by atoms with Gasteiger partial charge in [-0.25, -0.2) is 0 Å². The molecule has 0 saturated carbocycles. The highest BCUT2D eigenvalue weighted by molar-refractivity contribution is 9.10. The number of benzene rings is 2. The van der Waals surface area contributed by atoms with Gasteiger partial charge in [0.25, 0.3) is 0 Å². The van der Waals surface area contributed by atoms with Gasteiger partial charge in [-0.05, 0) is 42.0 Å². The van der Waals surface area contributed by atoms with E-state index in [2.05, 4.69) is 15.9 Å². The lowest BCUT2D eigenvalue weighted by Gasteiger charge is -2.11. The average molecular weight is 362 g/mol. The number of carbonyl (C=O) groups excluding carboxylic acids is 1. The van der Waals surface area contributed by atoms with Crippen LogP contribution in [0.25, 0.3) is 6.08 Å². The smallest absolute Gasteiger partial charge is 0.241 e. The maximum atomic E-state index is 10.8. The highest BCUT2D eigenvalue weighted by atomic mass is 79.9. The first kappa shape index (κ1) is 16.1. The van der Waals surface area contributed by atoms with Crippen LogP contribution in [-0.4, -0.2) is 13.0 Å². The number of halogens is 1. The summed E-state index contributed by atoms with van der Waals surface area (Å²) in [4.78, 5) is 10.8. The molecule has 0 aliphatic heterocycles. The summed E-state index contributed by atoms with van der Waals surface area (Å²) in [6.45, 7) is 0.359. The van der Waals surface area contributed by atoms with Gasteiger partial charge in [0, 0.05) is 16.1 Å². The van der Waals surface area contributed by atoms with Gasteiger partial charge < -0.3 is 15.2 Å². The third-order valence-corrected chi connectivity index (χ3v) is 3.43. The summed E-state index contributed by atoms with van der Waals surface area (Å²) < 4.78 is 12.1. The van der Waals surface area contributed by atoms with Gasteiger partial charge in [-0.2, -0.15) is 0 Å². The van der Waals surface area contributed by atoms with Gasteiger partial charge in [0.2, 0.25) is 5.91 Å². The molecule has 0 unspecified atom stereocenters. The second-order valence-electron chi connectivity index (χ2n) is 4.55. The monoisotopic (exact) mass is 361 g/mol. The molecule has 0 aliphatic rings. The molecule has 0 fully saturated rings. The van der Waals surface area contributed by atoms with Crippen molar-refractivity contribution in [3.8, 4) is 11.5 Å². The van der Waals surface area contributed by atoms with E-state index < -0.39 is 5.91 Å². The van der Waals surface area contributed by atoms with Crippen LogP contribution in [0, 0.1) is 0 Å². The predicted octanol–water partition coefficient (Wildman–Crippen LogP) is 3.54. The number of hydrogen-bond acceptors (Lipinski definition) is 3. The van der Waals surface area contributed by atoms with Crippen LogP contribution >= 0.6 is 15.9 Å².